The summed E-state index contributed by atoms with van der Waals surface area (Å²) in [6.07, 6.45) is 0. The second-order valence-corrected chi connectivity index (χ2v) is 5.40. The highest BCUT2D eigenvalue weighted by molar-refractivity contribution is 5.92. The molecule has 0 aromatic carbocycles. The molecule has 1 amide bonds. The van der Waals surface area contributed by atoms with E-state index < -0.39 is 0 Å². The predicted octanol–water partition coefficient (Wildman–Crippen LogP) is 1.33. The number of hydrogen-bond acceptors (Lipinski definition) is 5. The van der Waals surface area contributed by atoms with E-state index in [9.17, 15) is 4.79 Å². The largest absolute Gasteiger partial charge is 0.378 e. The Morgan fingerprint density at radius 3 is 2.75 bits per heavy atom. The molecule has 0 atom stereocenters. The van der Waals surface area contributed by atoms with E-state index in [2.05, 4.69) is 29.1 Å². The molecule has 0 bridgehead atoms. The fraction of sp³-hybridized carbons (Fsp3) is 0.643. The molecule has 0 radical (unpaired) electrons. The maximum Gasteiger partial charge on any atom is 0.272 e. The molecule has 1 aromatic rings. The molecule has 2 rings (SSSR count). The van der Waals surface area contributed by atoms with E-state index in [1.165, 1.54) is 0 Å². The minimum absolute atomic E-state index is 0.0496. The zero-order valence-electron chi connectivity index (χ0n) is 12.3. The maximum absolute atomic E-state index is 12.4. The first-order valence-electron chi connectivity index (χ1n) is 7.03. The molecule has 20 heavy (non-hydrogen) atoms. The van der Waals surface area contributed by atoms with E-state index in [4.69, 9.17) is 4.74 Å². The predicted molar refractivity (Wildman–Crippen MR) is 76.8 cm³/mol. The number of hydrogen-bond donors (Lipinski definition) is 1. The van der Waals surface area contributed by atoms with Crippen molar-refractivity contribution in [3.05, 3.63) is 17.5 Å². The van der Waals surface area contributed by atoms with Crippen molar-refractivity contribution in [2.75, 3.05) is 38.2 Å². The minimum atomic E-state index is -0.0496. The van der Waals surface area contributed by atoms with Gasteiger partial charge >= 0.3 is 0 Å². The summed E-state index contributed by atoms with van der Waals surface area (Å²) in [7, 11) is 0. The standard InChI is InChI=1S/C14H22N4O2/c1-10(2)9-15-14-16-11(3)8-12(17-14)13(19)18-4-6-20-7-5-18/h8,10H,4-7,9H2,1-3H3,(H,15,16,17). The third-order valence-electron chi connectivity index (χ3n) is 3.04. The number of morpholine rings is 1. The van der Waals surface area contributed by atoms with Gasteiger partial charge in [0.1, 0.15) is 5.69 Å². The molecule has 0 aliphatic carbocycles. The Kier molecular flexibility index (Phi) is 4.89. The maximum atomic E-state index is 12.4. The second kappa shape index (κ2) is 6.65. The van der Waals surface area contributed by atoms with Crippen molar-refractivity contribution in [1.82, 2.24) is 14.9 Å². The van der Waals surface area contributed by atoms with Crippen molar-refractivity contribution >= 4 is 11.9 Å². The van der Waals surface area contributed by atoms with Crippen molar-refractivity contribution in [2.45, 2.75) is 20.8 Å². The van der Waals surface area contributed by atoms with Gasteiger partial charge in [-0.25, -0.2) is 9.97 Å². The van der Waals surface area contributed by atoms with Crippen LogP contribution in [0.3, 0.4) is 0 Å². The Morgan fingerprint density at radius 2 is 2.10 bits per heavy atom. The topological polar surface area (TPSA) is 67.4 Å². The van der Waals surface area contributed by atoms with Crippen LogP contribution in [0.15, 0.2) is 6.07 Å². The molecular weight excluding hydrogens is 256 g/mol. The van der Waals surface area contributed by atoms with Crippen molar-refractivity contribution in [2.24, 2.45) is 5.92 Å². The monoisotopic (exact) mass is 278 g/mol. The number of anilines is 1. The number of carbonyl (C=O) groups excluding carboxylic acids is 1. The van der Waals surface area contributed by atoms with E-state index in [0.717, 1.165) is 12.2 Å². The zero-order chi connectivity index (χ0) is 14.5. The Balaban J connectivity index is 2.11. The Labute approximate surface area is 119 Å². The van der Waals surface area contributed by atoms with E-state index in [0.29, 0.717) is 43.9 Å². The molecule has 1 fully saturated rings. The molecule has 110 valence electrons. The van der Waals surface area contributed by atoms with Gasteiger partial charge in [0.15, 0.2) is 0 Å². The van der Waals surface area contributed by atoms with Crippen LogP contribution in [0, 0.1) is 12.8 Å². The minimum Gasteiger partial charge on any atom is -0.378 e. The van der Waals surface area contributed by atoms with Crippen molar-refractivity contribution in [3.63, 3.8) is 0 Å². The van der Waals surface area contributed by atoms with E-state index >= 15 is 0 Å². The number of ether oxygens (including phenoxy) is 1. The zero-order valence-corrected chi connectivity index (χ0v) is 12.3. The van der Waals surface area contributed by atoms with Gasteiger partial charge in [-0.3, -0.25) is 4.79 Å². The fourth-order valence-electron chi connectivity index (χ4n) is 1.98. The molecule has 0 unspecified atom stereocenters. The second-order valence-electron chi connectivity index (χ2n) is 5.40. The molecule has 0 saturated carbocycles. The van der Waals surface area contributed by atoms with E-state index in [-0.39, 0.29) is 5.91 Å². The molecule has 1 N–H and O–H groups in total. The summed E-state index contributed by atoms with van der Waals surface area (Å²) in [6.45, 7) is 9.31. The van der Waals surface area contributed by atoms with Gasteiger partial charge in [0.2, 0.25) is 5.95 Å². The van der Waals surface area contributed by atoms with Gasteiger partial charge < -0.3 is 15.0 Å². The number of amides is 1. The van der Waals surface area contributed by atoms with E-state index in [1.807, 2.05) is 6.92 Å². The first-order chi connectivity index (χ1) is 9.56. The number of nitrogens with zero attached hydrogens (tertiary/aromatic N) is 3. The summed E-state index contributed by atoms with van der Waals surface area (Å²) in [5, 5.41) is 3.17. The normalized spacial score (nSPS) is 15.5. The van der Waals surface area contributed by atoms with Crippen LogP contribution in [0.1, 0.15) is 30.0 Å². The highest BCUT2D eigenvalue weighted by Crippen LogP contribution is 2.10. The average molecular weight is 278 g/mol. The molecule has 6 heteroatoms. The number of aryl methyl sites for hydroxylation is 1. The highest BCUT2D eigenvalue weighted by atomic mass is 16.5. The van der Waals surface area contributed by atoms with Crippen LogP contribution >= 0.6 is 0 Å². The molecule has 1 aromatic heterocycles. The molecular formula is C14H22N4O2. The summed E-state index contributed by atoms with van der Waals surface area (Å²) < 4.78 is 5.26. The lowest BCUT2D eigenvalue weighted by Crippen LogP contribution is -2.41. The lowest BCUT2D eigenvalue weighted by molar-refractivity contribution is 0.0299. The van der Waals surface area contributed by atoms with Crippen molar-refractivity contribution in [3.8, 4) is 0 Å². The Morgan fingerprint density at radius 1 is 1.40 bits per heavy atom. The van der Waals surface area contributed by atoms with Gasteiger partial charge in [0.05, 0.1) is 13.2 Å². The molecule has 6 nitrogen and oxygen atoms in total. The smallest absolute Gasteiger partial charge is 0.272 e. The number of carbonyl (C=O) groups is 1. The van der Waals surface area contributed by atoms with Crippen molar-refractivity contribution in [1.29, 1.82) is 0 Å². The Hall–Kier alpha value is -1.69. The van der Waals surface area contributed by atoms with Gasteiger partial charge in [-0.1, -0.05) is 13.8 Å². The van der Waals surface area contributed by atoms with Gasteiger partial charge in [-0.2, -0.15) is 0 Å². The molecule has 2 heterocycles. The number of nitrogens with one attached hydrogen (secondary N) is 1. The van der Waals surface area contributed by atoms with Crippen LogP contribution in [0.4, 0.5) is 5.95 Å². The SMILES string of the molecule is Cc1cc(C(=O)N2CCOCC2)nc(NCC(C)C)n1. The van der Waals surface area contributed by atoms with Gasteiger partial charge in [-0.05, 0) is 18.9 Å². The van der Waals surface area contributed by atoms with Crippen molar-refractivity contribution < 1.29 is 9.53 Å². The molecule has 1 aliphatic heterocycles. The summed E-state index contributed by atoms with van der Waals surface area (Å²) in [5.41, 5.74) is 1.24. The summed E-state index contributed by atoms with van der Waals surface area (Å²) in [5.74, 6) is 0.971. The molecule has 1 saturated heterocycles. The van der Waals surface area contributed by atoms with Crippen LogP contribution in [-0.4, -0.2) is 53.6 Å². The number of aromatic nitrogens is 2. The fourth-order valence-corrected chi connectivity index (χ4v) is 1.98. The van der Waals surface area contributed by atoms with Gasteiger partial charge in [-0.15, -0.1) is 0 Å². The lowest BCUT2D eigenvalue weighted by atomic mass is 10.2. The third kappa shape index (κ3) is 3.90. The highest BCUT2D eigenvalue weighted by Gasteiger charge is 2.20. The number of rotatable bonds is 4. The lowest BCUT2D eigenvalue weighted by Gasteiger charge is -2.26. The first-order valence-corrected chi connectivity index (χ1v) is 7.03. The average Bonchev–Trinajstić information content (AvgIpc) is 2.44. The van der Waals surface area contributed by atoms with Crippen LogP contribution in [-0.2, 0) is 4.74 Å². The quantitative estimate of drug-likeness (QED) is 0.900. The first kappa shape index (κ1) is 14.7. The van der Waals surface area contributed by atoms with E-state index in [1.54, 1.807) is 11.0 Å². The van der Waals surface area contributed by atoms with Crippen LogP contribution in [0.2, 0.25) is 0 Å². The summed E-state index contributed by atoms with van der Waals surface area (Å²) in [6, 6.07) is 1.73. The van der Waals surface area contributed by atoms with Crippen LogP contribution in [0.25, 0.3) is 0 Å². The summed E-state index contributed by atoms with van der Waals surface area (Å²) >= 11 is 0. The Bertz CT molecular complexity index is 470. The van der Waals surface area contributed by atoms with Gasteiger partial charge in [0, 0.05) is 25.3 Å². The van der Waals surface area contributed by atoms with Crippen LogP contribution in [0.5, 0.6) is 0 Å². The van der Waals surface area contributed by atoms with Crippen LogP contribution < -0.4 is 5.32 Å². The molecule has 1 aliphatic rings. The van der Waals surface area contributed by atoms with Gasteiger partial charge in [0.25, 0.3) is 5.91 Å². The third-order valence-corrected chi connectivity index (χ3v) is 3.04. The molecule has 0 spiro atoms. The summed E-state index contributed by atoms with van der Waals surface area (Å²) in [4.78, 5) is 22.8.